The Morgan fingerprint density at radius 3 is 2.86 bits per heavy atom. The van der Waals surface area contributed by atoms with Gasteiger partial charge >= 0.3 is 0 Å². The lowest BCUT2D eigenvalue weighted by Crippen LogP contribution is -2.22. The molecule has 0 radical (unpaired) electrons. The summed E-state index contributed by atoms with van der Waals surface area (Å²) in [5.41, 5.74) is 7.60. The fourth-order valence-electron chi connectivity index (χ4n) is 4.10. The predicted octanol–water partition coefficient (Wildman–Crippen LogP) is 2.64. The molecule has 1 saturated carbocycles. The van der Waals surface area contributed by atoms with Crippen LogP contribution in [0.15, 0.2) is 35.0 Å². The highest BCUT2D eigenvalue weighted by Gasteiger charge is 2.39. The molecular formula is C22H20N4O3. The summed E-state index contributed by atoms with van der Waals surface area (Å²) in [5.74, 6) is 7.24. The van der Waals surface area contributed by atoms with Gasteiger partial charge in [0.2, 0.25) is 0 Å². The van der Waals surface area contributed by atoms with Crippen LogP contribution in [-0.2, 0) is 5.60 Å². The quantitative estimate of drug-likeness (QED) is 0.656. The Morgan fingerprint density at radius 2 is 2.17 bits per heavy atom. The molecule has 1 fully saturated rings. The van der Waals surface area contributed by atoms with Crippen LogP contribution in [0.4, 0.5) is 0 Å². The van der Waals surface area contributed by atoms with Crippen molar-refractivity contribution >= 4 is 5.91 Å². The van der Waals surface area contributed by atoms with Crippen molar-refractivity contribution < 1.29 is 14.4 Å². The molecule has 29 heavy (non-hydrogen) atoms. The van der Waals surface area contributed by atoms with Gasteiger partial charge in [-0.25, -0.2) is 4.98 Å². The van der Waals surface area contributed by atoms with Crippen LogP contribution in [0.25, 0.3) is 11.4 Å². The highest BCUT2D eigenvalue weighted by molar-refractivity contribution is 5.91. The van der Waals surface area contributed by atoms with Gasteiger partial charge in [0.25, 0.3) is 5.91 Å². The van der Waals surface area contributed by atoms with Crippen LogP contribution in [-0.4, -0.2) is 25.7 Å². The molecule has 0 unspecified atom stereocenters. The Hall–Kier alpha value is -3.37. The summed E-state index contributed by atoms with van der Waals surface area (Å²) in [5, 5.41) is 14.5. The van der Waals surface area contributed by atoms with Crippen LogP contribution in [0.3, 0.4) is 0 Å². The minimum Gasteiger partial charge on any atom is -0.372 e. The summed E-state index contributed by atoms with van der Waals surface area (Å²) in [4.78, 5) is 16.1. The second-order valence-corrected chi connectivity index (χ2v) is 7.99. The van der Waals surface area contributed by atoms with E-state index in [-0.39, 0.29) is 5.69 Å². The van der Waals surface area contributed by atoms with E-state index in [2.05, 4.69) is 32.6 Å². The number of aromatic nitrogens is 3. The first kappa shape index (κ1) is 17.7. The zero-order chi connectivity index (χ0) is 20.3. The number of benzene rings is 1. The lowest BCUT2D eigenvalue weighted by molar-refractivity contribution is 0.0995. The van der Waals surface area contributed by atoms with Crippen LogP contribution in [0.2, 0.25) is 0 Å². The maximum atomic E-state index is 11.6. The summed E-state index contributed by atoms with van der Waals surface area (Å²) in [7, 11) is 0. The predicted molar refractivity (Wildman–Crippen MR) is 105 cm³/mol. The van der Waals surface area contributed by atoms with Crippen molar-refractivity contribution in [2.24, 2.45) is 5.73 Å². The zero-order valence-corrected chi connectivity index (χ0v) is 16.1. The first-order chi connectivity index (χ1) is 13.8. The zero-order valence-electron chi connectivity index (χ0n) is 16.1. The van der Waals surface area contributed by atoms with Gasteiger partial charge in [-0.1, -0.05) is 23.1 Å². The molecule has 3 N–H and O–H groups in total. The van der Waals surface area contributed by atoms with Crippen molar-refractivity contribution in [2.75, 3.05) is 0 Å². The maximum absolute atomic E-state index is 11.6. The average Bonchev–Trinajstić information content (AvgIpc) is 3.22. The summed E-state index contributed by atoms with van der Waals surface area (Å²) < 4.78 is 7.11. The molecule has 4 heterocycles. The van der Waals surface area contributed by atoms with E-state index in [1.54, 1.807) is 26.1 Å². The summed E-state index contributed by atoms with van der Waals surface area (Å²) >= 11 is 0. The molecule has 146 valence electrons. The number of hydrogen-bond acceptors (Lipinski definition) is 5. The van der Waals surface area contributed by atoms with E-state index in [0.29, 0.717) is 23.4 Å². The van der Waals surface area contributed by atoms with Gasteiger partial charge in [0, 0.05) is 29.4 Å². The normalized spacial score (nSPS) is 20.9. The van der Waals surface area contributed by atoms with Gasteiger partial charge in [-0.05, 0) is 50.3 Å². The van der Waals surface area contributed by atoms with E-state index in [4.69, 9.17) is 10.3 Å². The molecule has 7 nitrogen and oxygen atoms in total. The maximum Gasteiger partial charge on any atom is 0.268 e. The Balaban J connectivity index is 1.57. The van der Waals surface area contributed by atoms with Gasteiger partial charge in [-0.2, -0.15) is 0 Å². The van der Waals surface area contributed by atoms with E-state index < -0.39 is 11.5 Å². The summed E-state index contributed by atoms with van der Waals surface area (Å²) in [6, 6.07) is 8.01. The highest BCUT2D eigenvalue weighted by Crippen LogP contribution is 2.51. The molecule has 3 aromatic rings. The fourth-order valence-corrected chi connectivity index (χ4v) is 4.10. The third-order valence-electron chi connectivity index (χ3n) is 5.80. The fraction of sp³-hybridized carbons (Fsp3) is 0.318. The van der Waals surface area contributed by atoms with Gasteiger partial charge in [0.15, 0.2) is 5.60 Å². The molecule has 0 saturated heterocycles. The summed E-state index contributed by atoms with van der Waals surface area (Å²) in [6.07, 6.45) is 3.81. The Kier molecular flexibility index (Phi) is 3.70. The number of hydrogen-bond donors (Lipinski definition) is 2. The largest absolute Gasteiger partial charge is 0.372 e. The molecule has 6 rings (SSSR count). The SMILES string of the molecule is Cc1cc([C@@](C)(O)C#Cc2ccc3c(c2)-c2nc(C(N)=O)cn2C2CC3C2)no1. The third kappa shape index (κ3) is 2.84. The second-order valence-electron chi connectivity index (χ2n) is 7.99. The molecule has 2 aliphatic heterocycles. The third-order valence-corrected chi connectivity index (χ3v) is 5.80. The molecule has 0 spiro atoms. The molecule has 1 aromatic carbocycles. The summed E-state index contributed by atoms with van der Waals surface area (Å²) in [6.45, 7) is 3.35. The van der Waals surface area contributed by atoms with Crippen LogP contribution in [0, 0.1) is 18.8 Å². The van der Waals surface area contributed by atoms with Crippen molar-refractivity contribution in [3.63, 3.8) is 0 Å². The van der Waals surface area contributed by atoms with Crippen LogP contribution in [0.5, 0.6) is 0 Å². The van der Waals surface area contributed by atoms with Crippen molar-refractivity contribution in [1.29, 1.82) is 0 Å². The van der Waals surface area contributed by atoms with Gasteiger partial charge in [0.05, 0.1) is 0 Å². The molecule has 7 heteroatoms. The van der Waals surface area contributed by atoms with E-state index in [1.165, 1.54) is 5.56 Å². The molecule has 1 amide bonds. The van der Waals surface area contributed by atoms with E-state index in [1.807, 2.05) is 12.1 Å². The van der Waals surface area contributed by atoms with Crippen molar-refractivity contribution in [3.8, 4) is 23.2 Å². The standard InChI is InChI=1S/C22H20N4O3/c1-12-7-19(25-29-12)22(2,28)6-5-13-3-4-16-14-9-15(10-14)26-11-18(20(23)27)24-21(26)17(16)8-13/h3-4,7-8,11,14-15,28H,9-10H2,1-2H3,(H2,23,27)/t14?,15?,22-/m0/s1. The van der Waals surface area contributed by atoms with Gasteiger partial charge in [-0.3, -0.25) is 4.79 Å². The highest BCUT2D eigenvalue weighted by atomic mass is 16.5. The monoisotopic (exact) mass is 388 g/mol. The lowest BCUT2D eigenvalue weighted by Gasteiger charge is -2.34. The Labute approximate surface area is 167 Å². The number of nitrogens with zero attached hydrogens (tertiary/aromatic N) is 3. The first-order valence-corrected chi connectivity index (χ1v) is 9.54. The number of amides is 1. The number of nitrogens with two attached hydrogens (primary N) is 1. The number of rotatable bonds is 2. The minimum absolute atomic E-state index is 0.275. The smallest absolute Gasteiger partial charge is 0.268 e. The molecular weight excluding hydrogens is 368 g/mol. The van der Waals surface area contributed by atoms with Crippen molar-refractivity contribution in [2.45, 2.75) is 44.2 Å². The minimum atomic E-state index is -1.43. The number of carbonyl (C=O) groups excluding carboxylic acids is 1. The van der Waals surface area contributed by atoms with Crippen LogP contribution >= 0.6 is 0 Å². The molecule has 1 aliphatic carbocycles. The molecule has 1 atom stereocenters. The first-order valence-electron chi connectivity index (χ1n) is 9.54. The Morgan fingerprint density at radius 1 is 1.38 bits per heavy atom. The number of aliphatic hydroxyl groups is 1. The molecule has 2 aromatic heterocycles. The average molecular weight is 388 g/mol. The lowest BCUT2D eigenvalue weighted by atomic mass is 9.75. The van der Waals surface area contributed by atoms with Gasteiger partial charge < -0.3 is 19.9 Å². The number of imidazole rings is 1. The van der Waals surface area contributed by atoms with Gasteiger partial charge in [0.1, 0.15) is 23.0 Å². The number of carbonyl (C=O) groups is 1. The van der Waals surface area contributed by atoms with E-state index in [0.717, 1.165) is 29.8 Å². The van der Waals surface area contributed by atoms with E-state index >= 15 is 0 Å². The van der Waals surface area contributed by atoms with Crippen molar-refractivity contribution in [3.05, 3.63) is 58.7 Å². The van der Waals surface area contributed by atoms with Gasteiger partial charge in [-0.15, -0.1) is 0 Å². The van der Waals surface area contributed by atoms with E-state index in [9.17, 15) is 9.90 Å². The molecule has 3 aliphatic rings. The topological polar surface area (TPSA) is 107 Å². The number of primary amides is 1. The van der Waals surface area contributed by atoms with Crippen molar-refractivity contribution in [1.82, 2.24) is 14.7 Å². The second kappa shape index (κ2) is 6.06. The molecule has 2 bridgehead atoms. The van der Waals surface area contributed by atoms with Crippen LogP contribution in [0.1, 0.15) is 64.8 Å². The van der Waals surface area contributed by atoms with Crippen LogP contribution < -0.4 is 5.73 Å². The number of aryl methyl sites for hydroxylation is 1. The Bertz CT molecular complexity index is 1200.